The van der Waals surface area contributed by atoms with Gasteiger partial charge in [-0.2, -0.15) is 8.78 Å². The van der Waals surface area contributed by atoms with Crippen LogP contribution in [-0.4, -0.2) is 18.5 Å². The van der Waals surface area contributed by atoms with Gasteiger partial charge in [-0.3, -0.25) is 0 Å². The molecule has 2 N–H and O–H groups in total. The summed E-state index contributed by atoms with van der Waals surface area (Å²) < 4.78 is 31.6. The maximum atomic E-state index is 13.7. The fraction of sp³-hybridized carbons (Fsp3) is 0.364. The minimum Gasteiger partial charge on any atom is -0.462 e. The van der Waals surface area contributed by atoms with Crippen LogP contribution in [0.5, 0.6) is 0 Å². The number of ether oxygens (including phenoxy) is 1. The number of carbonyl (C=O) groups excluding carboxylic acids is 1. The van der Waals surface area contributed by atoms with Gasteiger partial charge < -0.3 is 10.5 Å². The molecule has 0 fully saturated rings. The first kappa shape index (κ1) is 15.1. The third-order valence-corrected chi connectivity index (χ3v) is 2.62. The predicted molar refractivity (Wildman–Crippen MR) is 65.0 cm³/mol. The van der Waals surface area contributed by atoms with E-state index < -0.39 is 17.9 Å². The average Bonchev–Trinajstić information content (AvgIpc) is 2.26. The fourth-order valence-corrected chi connectivity index (χ4v) is 1.86. The average molecular weight is 298 g/mol. The summed E-state index contributed by atoms with van der Waals surface area (Å²) in [7, 11) is 0. The van der Waals surface area contributed by atoms with Crippen LogP contribution < -0.4 is 5.73 Å². The summed E-state index contributed by atoms with van der Waals surface area (Å²) in [6.45, 7) is 1.27. The van der Waals surface area contributed by atoms with Gasteiger partial charge in [0.2, 0.25) is 0 Å². The van der Waals surface area contributed by atoms with Crippen molar-refractivity contribution in [2.45, 2.75) is 18.9 Å². The first-order valence-corrected chi connectivity index (χ1v) is 5.81. The zero-order valence-corrected chi connectivity index (χ0v) is 10.9. The monoisotopic (exact) mass is 297 g/mol. The molecule has 0 aromatic heterocycles. The number of carbonyl (C=O) groups is 1. The molecule has 0 aliphatic rings. The SMILES string of the molecule is CCOC(=O)C(F)(F)C(N)c1cc(Cl)cc(Cl)c1. The lowest BCUT2D eigenvalue weighted by Crippen LogP contribution is -2.41. The van der Waals surface area contributed by atoms with Crippen molar-refractivity contribution in [3.05, 3.63) is 33.8 Å². The van der Waals surface area contributed by atoms with E-state index in [4.69, 9.17) is 28.9 Å². The van der Waals surface area contributed by atoms with Gasteiger partial charge in [-0.25, -0.2) is 4.79 Å². The molecular weight excluding hydrogens is 287 g/mol. The van der Waals surface area contributed by atoms with Crippen LogP contribution in [-0.2, 0) is 9.53 Å². The van der Waals surface area contributed by atoms with Gasteiger partial charge in [0.25, 0.3) is 0 Å². The van der Waals surface area contributed by atoms with Crippen LogP contribution in [0.15, 0.2) is 18.2 Å². The van der Waals surface area contributed by atoms with Gasteiger partial charge in [0, 0.05) is 10.0 Å². The van der Waals surface area contributed by atoms with Crippen molar-refractivity contribution in [1.82, 2.24) is 0 Å². The predicted octanol–water partition coefficient (Wildman–Crippen LogP) is 3.19. The lowest BCUT2D eigenvalue weighted by Gasteiger charge is -2.22. The smallest absolute Gasteiger partial charge is 0.379 e. The third kappa shape index (κ3) is 3.31. The second kappa shape index (κ2) is 5.82. The van der Waals surface area contributed by atoms with E-state index in [0.717, 1.165) is 0 Å². The summed E-state index contributed by atoms with van der Waals surface area (Å²) >= 11 is 11.4. The van der Waals surface area contributed by atoms with Crippen molar-refractivity contribution in [1.29, 1.82) is 0 Å². The molecule has 0 aliphatic carbocycles. The van der Waals surface area contributed by atoms with Crippen molar-refractivity contribution in [3.63, 3.8) is 0 Å². The molecular formula is C11H11Cl2F2NO2. The van der Waals surface area contributed by atoms with E-state index >= 15 is 0 Å². The first-order chi connectivity index (χ1) is 8.28. The third-order valence-electron chi connectivity index (χ3n) is 2.18. The van der Waals surface area contributed by atoms with Crippen LogP contribution >= 0.6 is 23.2 Å². The Labute approximate surface area is 113 Å². The molecule has 100 valence electrons. The number of hydrogen-bond donors (Lipinski definition) is 1. The second-order valence-electron chi connectivity index (χ2n) is 3.52. The topological polar surface area (TPSA) is 52.3 Å². The molecule has 0 saturated heterocycles. The van der Waals surface area contributed by atoms with Gasteiger partial charge in [0.1, 0.15) is 6.04 Å². The molecule has 1 unspecified atom stereocenters. The van der Waals surface area contributed by atoms with E-state index in [-0.39, 0.29) is 22.2 Å². The Kier molecular flexibility index (Phi) is 4.90. The van der Waals surface area contributed by atoms with Crippen molar-refractivity contribution in [2.24, 2.45) is 5.73 Å². The lowest BCUT2D eigenvalue weighted by molar-refractivity contribution is -0.174. The highest BCUT2D eigenvalue weighted by Gasteiger charge is 2.47. The first-order valence-electron chi connectivity index (χ1n) is 5.05. The molecule has 1 aromatic carbocycles. The van der Waals surface area contributed by atoms with Crippen molar-refractivity contribution in [2.75, 3.05) is 6.61 Å². The number of halogens is 4. The highest BCUT2D eigenvalue weighted by Crippen LogP contribution is 2.33. The van der Waals surface area contributed by atoms with Crippen LogP contribution in [0.1, 0.15) is 18.5 Å². The van der Waals surface area contributed by atoms with Gasteiger partial charge in [0.05, 0.1) is 6.61 Å². The number of alkyl halides is 2. The molecule has 0 bridgehead atoms. The molecule has 3 nitrogen and oxygen atoms in total. The van der Waals surface area contributed by atoms with Crippen LogP contribution in [0.3, 0.4) is 0 Å². The molecule has 0 amide bonds. The van der Waals surface area contributed by atoms with Crippen LogP contribution in [0.2, 0.25) is 10.0 Å². The van der Waals surface area contributed by atoms with E-state index in [1.165, 1.54) is 25.1 Å². The highest BCUT2D eigenvalue weighted by molar-refractivity contribution is 6.34. The maximum absolute atomic E-state index is 13.7. The van der Waals surface area contributed by atoms with Crippen LogP contribution in [0, 0.1) is 0 Å². The number of benzene rings is 1. The highest BCUT2D eigenvalue weighted by atomic mass is 35.5. The van der Waals surface area contributed by atoms with Gasteiger partial charge in [-0.1, -0.05) is 23.2 Å². The molecule has 1 atom stereocenters. The summed E-state index contributed by atoms with van der Waals surface area (Å²) in [5.74, 6) is -5.52. The zero-order valence-electron chi connectivity index (χ0n) is 9.42. The quantitative estimate of drug-likeness (QED) is 0.868. The van der Waals surface area contributed by atoms with E-state index in [9.17, 15) is 13.6 Å². The summed E-state index contributed by atoms with van der Waals surface area (Å²) in [6, 6.07) is 1.96. The van der Waals surface area contributed by atoms with Crippen molar-refractivity contribution in [3.8, 4) is 0 Å². The number of rotatable bonds is 4. The molecule has 7 heteroatoms. The maximum Gasteiger partial charge on any atom is 0.379 e. The van der Waals surface area contributed by atoms with Crippen LogP contribution in [0.25, 0.3) is 0 Å². The molecule has 1 aromatic rings. The minimum atomic E-state index is -3.84. The van der Waals surface area contributed by atoms with E-state index in [1.807, 2.05) is 0 Å². The fourth-order valence-electron chi connectivity index (χ4n) is 1.32. The minimum absolute atomic E-state index is 0.0365. The largest absolute Gasteiger partial charge is 0.462 e. The summed E-state index contributed by atoms with van der Waals surface area (Å²) in [4.78, 5) is 11.1. The molecule has 0 heterocycles. The van der Waals surface area contributed by atoms with E-state index in [2.05, 4.69) is 4.74 Å². The summed E-state index contributed by atoms with van der Waals surface area (Å²) in [5, 5.41) is 0.320. The Balaban J connectivity index is 3.04. The molecule has 0 radical (unpaired) electrons. The van der Waals surface area contributed by atoms with Crippen molar-refractivity contribution >= 4 is 29.2 Å². The normalized spacial score (nSPS) is 13.2. The second-order valence-corrected chi connectivity index (χ2v) is 4.40. The molecule has 0 saturated carbocycles. The van der Waals surface area contributed by atoms with Crippen molar-refractivity contribution < 1.29 is 18.3 Å². The van der Waals surface area contributed by atoms with Crippen LogP contribution in [0.4, 0.5) is 8.78 Å². The Morgan fingerprint density at radius 1 is 1.39 bits per heavy atom. The standard InChI is InChI=1S/C11H11Cl2F2NO2/c1-2-18-10(17)11(14,15)9(16)6-3-7(12)5-8(13)4-6/h3-5,9H,2,16H2,1H3. The molecule has 0 aliphatic heterocycles. The Hall–Kier alpha value is -0.910. The summed E-state index contributed by atoms with van der Waals surface area (Å²) in [5.41, 5.74) is 5.34. The Morgan fingerprint density at radius 3 is 2.33 bits per heavy atom. The Morgan fingerprint density at radius 2 is 1.89 bits per heavy atom. The Bertz CT molecular complexity index is 434. The molecule has 0 spiro atoms. The number of esters is 1. The van der Waals surface area contributed by atoms with Gasteiger partial charge >= 0.3 is 11.9 Å². The number of nitrogens with two attached hydrogens (primary N) is 1. The summed E-state index contributed by atoms with van der Waals surface area (Å²) in [6.07, 6.45) is 0. The molecule has 18 heavy (non-hydrogen) atoms. The zero-order chi connectivity index (χ0) is 13.9. The van der Waals surface area contributed by atoms with E-state index in [0.29, 0.717) is 0 Å². The van der Waals surface area contributed by atoms with Gasteiger partial charge in [-0.15, -0.1) is 0 Å². The van der Waals surface area contributed by atoms with E-state index in [1.54, 1.807) is 0 Å². The van der Waals surface area contributed by atoms with Gasteiger partial charge in [-0.05, 0) is 30.7 Å². The molecule has 1 rings (SSSR count). The van der Waals surface area contributed by atoms with Gasteiger partial charge in [0.15, 0.2) is 0 Å². The number of hydrogen-bond acceptors (Lipinski definition) is 3. The lowest BCUT2D eigenvalue weighted by atomic mass is 10.0.